The largest absolute Gasteiger partial charge is 0.354 e. The fourth-order valence-electron chi connectivity index (χ4n) is 2.30. The van der Waals surface area contributed by atoms with Gasteiger partial charge in [-0.15, -0.1) is 0 Å². The van der Waals surface area contributed by atoms with Gasteiger partial charge in [0.25, 0.3) is 0 Å². The van der Waals surface area contributed by atoms with Crippen molar-refractivity contribution in [2.75, 3.05) is 6.54 Å². The lowest BCUT2D eigenvalue weighted by Gasteiger charge is -2.30. The molecule has 5 heteroatoms. The van der Waals surface area contributed by atoms with E-state index in [1.165, 1.54) is 12.1 Å². The highest BCUT2D eigenvalue weighted by Gasteiger charge is 2.27. The van der Waals surface area contributed by atoms with Crippen LogP contribution >= 0.6 is 0 Å². The van der Waals surface area contributed by atoms with Gasteiger partial charge in [-0.1, -0.05) is 39.8 Å². The third-order valence-corrected chi connectivity index (χ3v) is 3.91. The summed E-state index contributed by atoms with van der Waals surface area (Å²) in [5, 5.41) is 2.89. The Balaban J connectivity index is 2.82. The molecule has 1 aromatic rings. The second-order valence-electron chi connectivity index (χ2n) is 6.90. The number of carbonyl (C=O) groups is 2. The molecule has 0 spiro atoms. The van der Waals surface area contributed by atoms with Crippen molar-refractivity contribution >= 4 is 11.8 Å². The van der Waals surface area contributed by atoms with Crippen LogP contribution in [0, 0.1) is 17.7 Å². The number of benzene rings is 1. The highest BCUT2D eigenvalue weighted by atomic mass is 19.1. The second kappa shape index (κ2) is 9.40. The molecule has 0 saturated heterocycles. The molecule has 0 aliphatic rings. The van der Waals surface area contributed by atoms with E-state index in [1.807, 2.05) is 13.8 Å². The van der Waals surface area contributed by atoms with Crippen LogP contribution in [0.15, 0.2) is 24.3 Å². The van der Waals surface area contributed by atoms with Crippen LogP contribution in [0.2, 0.25) is 0 Å². The van der Waals surface area contributed by atoms with Gasteiger partial charge in [-0.05, 0) is 37.0 Å². The summed E-state index contributed by atoms with van der Waals surface area (Å²) in [6.07, 6.45) is 0.897. The van der Waals surface area contributed by atoms with E-state index < -0.39 is 6.04 Å². The van der Waals surface area contributed by atoms with Crippen LogP contribution in [0.4, 0.5) is 4.39 Å². The number of halogens is 1. The number of nitrogens with one attached hydrogen (secondary N) is 1. The van der Waals surface area contributed by atoms with Crippen LogP contribution in [0.5, 0.6) is 0 Å². The van der Waals surface area contributed by atoms with Crippen molar-refractivity contribution in [3.05, 3.63) is 35.6 Å². The third-order valence-electron chi connectivity index (χ3n) is 3.91. The Bertz CT molecular complexity index is 541. The molecule has 1 atom stereocenters. The van der Waals surface area contributed by atoms with Crippen molar-refractivity contribution in [1.29, 1.82) is 0 Å². The molecule has 0 heterocycles. The van der Waals surface area contributed by atoms with Gasteiger partial charge in [0.15, 0.2) is 0 Å². The highest BCUT2D eigenvalue weighted by Crippen LogP contribution is 2.14. The van der Waals surface area contributed by atoms with E-state index in [1.54, 1.807) is 24.0 Å². The maximum atomic E-state index is 13.1. The molecule has 1 aromatic carbocycles. The molecule has 0 radical (unpaired) electrons. The van der Waals surface area contributed by atoms with Crippen LogP contribution in [0.25, 0.3) is 0 Å². The summed E-state index contributed by atoms with van der Waals surface area (Å²) in [4.78, 5) is 26.4. The van der Waals surface area contributed by atoms with Crippen LogP contribution < -0.4 is 5.32 Å². The van der Waals surface area contributed by atoms with Crippen LogP contribution in [0.3, 0.4) is 0 Å². The minimum atomic E-state index is -0.572. The quantitative estimate of drug-likeness (QED) is 0.791. The predicted octanol–water partition coefficient (Wildman–Crippen LogP) is 3.36. The minimum absolute atomic E-state index is 0.0918. The zero-order valence-electron chi connectivity index (χ0n) is 15.3. The van der Waals surface area contributed by atoms with Gasteiger partial charge >= 0.3 is 0 Å². The Morgan fingerprint density at radius 3 is 2.17 bits per heavy atom. The van der Waals surface area contributed by atoms with Crippen molar-refractivity contribution in [3.63, 3.8) is 0 Å². The summed E-state index contributed by atoms with van der Waals surface area (Å²) in [5.41, 5.74) is 0.798. The highest BCUT2D eigenvalue weighted by molar-refractivity contribution is 5.88. The summed E-state index contributed by atoms with van der Waals surface area (Å²) < 4.78 is 13.1. The Labute approximate surface area is 144 Å². The number of rotatable bonds is 8. The van der Waals surface area contributed by atoms with Gasteiger partial charge in [-0.2, -0.15) is 0 Å². The van der Waals surface area contributed by atoms with Crippen LogP contribution in [-0.2, 0) is 16.1 Å². The van der Waals surface area contributed by atoms with Gasteiger partial charge in [0, 0.05) is 19.0 Å². The van der Waals surface area contributed by atoms with E-state index in [-0.39, 0.29) is 30.1 Å². The monoisotopic (exact) mass is 336 g/mol. The Morgan fingerprint density at radius 2 is 1.67 bits per heavy atom. The minimum Gasteiger partial charge on any atom is -0.354 e. The molecular formula is C19H29FN2O2. The number of nitrogens with zero attached hydrogens (tertiary/aromatic N) is 1. The van der Waals surface area contributed by atoms with E-state index >= 15 is 0 Å². The first-order chi connectivity index (χ1) is 11.2. The van der Waals surface area contributed by atoms with E-state index in [0.717, 1.165) is 12.0 Å². The molecule has 1 N–H and O–H groups in total. The molecule has 134 valence electrons. The zero-order valence-corrected chi connectivity index (χ0v) is 15.3. The van der Waals surface area contributed by atoms with Gasteiger partial charge in [-0.3, -0.25) is 9.59 Å². The van der Waals surface area contributed by atoms with Gasteiger partial charge < -0.3 is 10.2 Å². The fraction of sp³-hybridized carbons (Fsp3) is 0.579. The SMILES string of the molecule is CC(C)CCNC(=O)[C@H](C)N(Cc1ccc(F)cc1)C(=O)C(C)C. The van der Waals surface area contributed by atoms with Crippen LogP contribution in [-0.4, -0.2) is 29.3 Å². The van der Waals surface area contributed by atoms with Crippen molar-refractivity contribution in [2.24, 2.45) is 11.8 Å². The molecule has 0 unspecified atom stereocenters. The standard InChI is InChI=1S/C19H29FN2O2/c1-13(2)10-11-21-18(23)15(5)22(19(24)14(3)4)12-16-6-8-17(20)9-7-16/h6-9,13-15H,10-12H2,1-5H3,(H,21,23)/t15-/m0/s1. The Kier molecular flexibility index (Phi) is 7.89. The van der Waals surface area contributed by atoms with E-state index in [0.29, 0.717) is 12.5 Å². The fourth-order valence-corrected chi connectivity index (χ4v) is 2.30. The van der Waals surface area contributed by atoms with Crippen molar-refractivity contribution in [3.8, 4) is 0 Å². The lowest BCUT2D eigenvalue weighted by molar-refractivity contribution is -0.143. The normalized spacial score (nSPS) is 12.3. The summed E-state index contributed by atoms with van der Waals surface area (Å²) in [6.45, 7) is 10.4. The molecule has 0 aliphatic heterocycles. The van der Waals surface area contributed by atoms with Crippen molar-refractivity contribution in [2.45, 2.75) is 53.6 Å². The lowest BCUT2D eigenvalue weighted by atomic mass is 10.1. The topological polar surface area (TPSA) is 49.4 Å². The average molecular weight is 336 g/mol. The first-order valence-corrected chi connectivity index (χ1v) is 8.55. The molecule has 0 fully saturated rings. The number of carbonyl (C=O) groups excluding carboxylic acids is 2. The maximum Gasteiger partial charge on any atom is 0.242 e. The lowest BCUT2D eigenvalue weighted by Crippen LogP contribution is -2.49. The van der Waals surface area contributed by atoms with E-state index in [2.05, 4.69) is 19.2 Å². The molecule has 0 saturated carbocycles. The average Bonchev–Trinajstić information content (AvgIpc) is 2.52. The molecule has 0 aliphatic carbocycles. The first kappa shape index (κ1) is 20.1. The van der Waals surface area contributed by atoms with Crippen molar-refractivity contribution < 1.29 is 14.0 Å². The first-order valence-electron chi connectivity index (χ1n) is 8.55. The maximum absolute atomic E-state index is 13.1. The summed E-state index contributed by atoms with van der Waals surface area (Å²) in [7, 11) is 0. The Morgan fingerprint density at radius 1 is 1.08 bits per heavy atom. The summed E-state index contributed by atoms with van der Waals surface area (Å²) in [5.74, 6) is -0.276. The van der Waals surface area contributed by atoms with Crippen molar-refractivity contribution in [1.82, 2.24) is 10.2 Å². The molecule has 4 nitrogen and oxygen atoms in total. The van der Waals surface area contributed by atoms with E-state index in [9.17, 15) is 14.0 Å². The van der Waals surface area contributed by atoms with E-state index in [4.69, 9.17) is 0 Å². The summed E-state index contributed by atoms with van der Waals surface area (Å²) >= 11 is 0. The molecule has 0 bridgehead atoms. The molecule has 24 heavy (non-hydrogen) atoms. The Hall–Kier alpha value is -1.91. The summed E-state index contributed by atoms with van der Waals surface area (Å²) in [6, 6.07) is 5.43. The zero-order chi connectivity index (χ0) is 18.3. The molecule has 0 aromatic heterocycles. The number of hydrogen-bond acceptors (Lipinski definition) is 2. The van der Waals surface area contributed by atoms with Gasteiger partial charge in [0.2, 0.25) is 11.8 Å². The predicted molar refractivity (Wildman–Crippen MR) is 93.7 cm³/mol. The number of hydrogen-bond donors (Lipinski definition) is 1. The van der Waals surface area contributed by atoms with Gasteiger partial charge in [0.1, 0.15) is 11.9 Å². The molecular weight excluding hydrogens is 307 g/mol. The second-order valence-corrected chi connectivity index (χ2v) is 6.90. The smallest absolute Gasteiger partial charge is 0.242 e. The van der Waals surface area contributed by atoms with Gasteiger partial charge in [0.05, 0.1) is 0 Å². The number of amides is 2. The molecule has 2 amide bonds. The third kappa shape index (κ3) is 6.30. The van der Waals surface area contributed by atoms with Crippen LogP contribution in [0.1, 0.15) is 46.6 Å². The molecule has 1 rings (SSSR count). The van der Waals surface area contributed by atoms with Gasteiger partial charge in [-0.25, -0.2) is 4.39 Å².